The molecule has 2 rings (SSSR count). The number of benzene rings is 1. The van der Waals surface area contributed by atoms with E-state index in [1.807, 2.05) is 0 Å². The quantitative estimate of drug-likeness (QED) is 0.563. The second-order valence-electron chi connectivity index (χ2n) is 4.36. The van der Waals surface area contributed by atoms with E-state index in [0.717, 1.165) is 11.8 Å². The largest absolute Gasteiger partial charge is 0.464 e. The van der Waals surface area contributed by atoms with E-state index in [2.05, 4.69) is 9.84 Å². The number of carbonyl (C=O) groups is 2. The van der Waals surface area contributed by atoms with Crippen LogP contribution in [0.3, 0.4) is 0 Å². The van der Waals surface area contributed by atoms with E-state index in [4.69, 9.17) is 34.8 Å². The zero-order chi connectivity index (χ0) is 18.2. The van der Waals surface area contributed by atoms with E-state index < -0.39 is 33.4 Å². The van der Waals surface area contributed by atoms with Crippen LogP contribution in [0.4, 0.5) is 13.2 Å². The summed E-state index contributed by atoms with van der Waals surface area (Å²) in [5.41, 5.74) is -2.03. The summed E-state index contributed by atoms with van der Waals surface area (Å²) in [5, 5.41) is 2.56. The molecule has 0 fully saturated rings. The van der Waals surface area contributed by atoms with Crippen LogP contribution >= 0.6 is 34.8 Å². The van der Waals surface area contributed by atoms with Crippen LogP contribution in [0.1, 0.15) is 26.4 Å². The van der Waals surface area contributed by atoms with Gasteiger partial charge in [-0.05, 0) is 12.1 Å². The van der Waals surface area contributed by atoms with Gasteiger partial charge in [-0.1, -0.05) is 34.8 Å². The number of nitrogens with zero attached hydrogens (tertiary/aromatic N) is 2. The van der Waals surface area contributed by atoms with Crippen LogP contribution in [-0.4, -0.2) is 29.1 Å². The lowest BCUT2D eigenvalue weighted by molar-refractivity contribution is -0.137. The van der Waals surface area contributed by atoms with Gasteiger partial charge in [-0.25, -0.2) is 9.48 Å². The third-order valence-electron chi connectivity index (χ3n) is 2.92. The normalized spacial score (nSPS) is 11.5. The van der Waals surface area contributed by atoms with Crippen molar-refractivity contribution in [2.75, 3.05) is 7.11 Å². The number of aromatic nitrogens is 2. The summed E-state index contributed by atoms with van der Waals surface area (Å²) in [5.74, 6) is -0.961. The molecule has 0 amide bonds. The van der Waals surface area contributed by atoms with E-state index in [1.54, 1.807) is 0 Å². The van der Waals surface area contributed by atoms with E-state index in [9.17, 15) is 22.8 Å². The van der Waals surface area contributed by atoms with Gasteiger partial charge in [-0.15, -0.1) is 0 Å². The highest BCUT2D eigenvalue weighted by Crippen LogP contribution is 2.38. The fourth-order valence-corrected chi connectivity index (χ4v) is 2.74. The van der Waals surface area contributed by atoms with E-state index in [0.29, 0.717) is 12.1 Å². The lowest BCUT2D eigenvalue weighted by Gasteiger charge is -2.12. The highest BCUT2D eigenvalue weighted by molar-refractivity contribution is 6.38. The van der Waals surface area contributed by atoms with Gasteiger partial charge in [0.25, 0.3) is 0 Å². The standard InChI is InChI=1S/C13H6Cl3F3N2O3/c1-24-12(23)9-6(4-22)11(16)21(20-9)10-7(14)2-5(3-8(10)15)13(17,18)19/h2-4H,1H3. The lowest BCUT2D eigenvalue weighted by atomic mass is 10.2. The summed E-state index contributed by atoms with van der Waals surface area (Å²) in [7, 11) is 1.06. The molecule has 1 aromatic heterocycles. The molecule has 0 aliphatic rings. The van der Waals surface area contributed by atoms with Crippen molar-refractivity contribution in [3.8, 4) is 5.69 Å². The Hall–Kier alpha value is -1.77. The summed E-state index contributed by atoms with van der Waals surface area (Å²) < 4.78 is 43.5. The van der Waals surface area contributed by atoms with Crippen molar-refractivity contribution in [2.45, 2.75) is 6.18 Å². The zero-order valence-corrected chi connectivity index (χ0v) is 13.9. The molecule has 0 atom stereocenters. The Morgan fingerprint density at radius 3 is 2.21 bits per heavy atom. The van der Waals surface area contributed by atoms with E-state index in [1.165, 1.54) is 0 Å². The molecule has 5 nitrogen and oxygen atoms in total. The number of hydrogen-bond acceptors (Lipinski definition) is 4. The van der Waals surface area contributed by atoms with E-state index >= 15 is 0 Å². The third kappa shape index (κ3) is 3.22. The molecule has 0 saturated carbocycles. The van der Waals surface area contributed by atoms with Gasteiger partial charge in [0.15, 0.2) is 12.0 Å². The van der Waals surface area contributed by atoms with Crippen molar-refractivity contribution >= 4 is 47.1 Å². The molecule has 24 heavy (non-hydrogen) atoms. The molecule has 0 saturated heterocycles. The number of ether oxygens (including phenoxy) is 1. The first kappa shape index (κ1) is 18.6. The van der Waals surface area contributed by atoms with Crippen molar-refractivity contribution < 1.29 is 27.5 Å². The van der Waals surface area contributed by atoms with Crippen molar-refractivity contribution in [3.05, 3.63) is 44.2 Å². The summed E-state index contributed by atoms with van der Waals surface area (Å²) in [6, 6.07) is 1.25. The first-order chi connectivity index (χ1) is 11.1. The number of carbonyl (C=O) groups excluding carboxylic acids is 2. The molecule has 11 heteroatoms. The second kappa shape index (κ2) is 6.62. The Bertz CT molecular complexity index is 811. The summed E-state index contributed by atoms with van der Waals surface area (Å²) in [6.45, 7) is 0. The number of alkyl halides is 3. The molecule has 1 heterocycles. The third-order valence-corrected chi connectivity index (χ3v) is 3.86. The van der Waals surface area contributed by atoms with Crippen LogP contribution in [0.2, 0.25) is 15.2 Å². The maximum absolute atomic E-state index is 12.8. The van der Waals surface area contributed by atoms with Gasteiger partial charge in [0.1, 0.15) is 10.8 Å². The fourth-order valence-electron chi connectivity index (χ4n) is 1.84. The molecule has 0 spiro atoms. The highest BCUT2D eigenvalue weighted by atomic mass is 35.5. The van der Waals surface area contributed by atoms with Crippen LogP contribution in [0.5, 0.6) is 0 Å². The summed E-state index contributed by atoms with van der Waals surface area (Å²) in [4.78, 5) is 22.7. The molecule has 0 unspecified atom stereocenters. The number of hydrogen-bond donors (Lipinski definition) is 0. The van der Waals surface area contributed by atoms with Crippen LogP contribution in [0.25, 0.3) is 5.69 Å². The number of esters is 1. The predicted molar refractivity (Wildman–Crippen MR) is 80.3 cm³/mol. The first-order valence-electron chi connectivity index (χ1n) is 6.00. The molecule has 0 aliphatic heterocycles. The molecule has 128 valence electrons. The van der Waals surface area contributed by atoms with Crippen molar-refractivity contribution in [3.63, 3.8) is 0 Å². The minimum Gasteiger partial charge on any atom is -0.464 e. The van der Waals surface area contributed by atoms with Crippen molar-refractivity contribution in [1.29, 1.82) is 0 Å². The molecular weight excluding hydrogens is 396 g/mol. The van der Waals surface area contributed by atoms with E-state index in [-0.39, 0.29) is 22.7 Å². The average molecular weight is 402 g/mol. The molecule has 1 aromatic carbocycles. The van der Waals surface area contributed by atoms with Crippen LogP contribution in [0.15, 0.2) is 12.1 Å². The lowest BCUT2D eigenvalue weighted by Crippen LogP contribution is -2.08. The second-order valence-corrected chi connectivity index (χ2v) is 5.53. The van der Waals surface area contributed by atoms with Gasteiger partial charge >= 0.3 is 12.1 Å². The topological polar surface area (TPSA) is 61.2 Å². The SMILES string of the molecule is COC(=O)c1nn(-c2c(Cl)cc(C(F)(F)F)cc2Cl)c(Cl)c1C=O. The average Bonchev–Trinajstić information content (AvgIpc) is 2.81. The number of methoxy groups -OCH3 is 1. The highest BCUT2D eigenvalue weighted by Gasteiger charge is 2.33. The Kier molecular flexibility index (Phi) is 5.12. The van der Waals surface area contributed by atoms with Gasteiger partial charge in [-0.3, -0.25) is 4.79 Å². The Morgan fingerprint density at radius 1 is 1.25 bits per heavy atom. The van der Waals surface area contributed by atoms with Crippen molar-refractivity contribution in [1.82, 2.24) is 9.78 Å². The minimum absolute atomic E-state index is 0.213. The molecule has 0 bridgehead atoms. The maximum Gasteiger partial charge on any atom is 0.416 e. The van der Waals surface area contributed by atoms with Crippen LogP contribution in [-0.2, 0) is 10.9 Å². The predicted octanol–water partition coefficient (Wildman–Crippen LogP) is 4.45. The van der Waals surface area contributed by atoms with Gasteiger partial charge in [0.05, 0.1) is 28.3 Å². The fraction of sp³-hybridized carbons (Fsp3) is 0.154. The monoisotopic (exact) mass is 400 g/mol. The molecule has 0 radical (unpaired) electrons. The maximum atomic E-state index is 12.8. The van der Waals surface area contributed by atoms with Crippen LogP contribution in [0, 0.1) is 0 Å². The van der Waals surface area contributed by atoms with Gasteiger partial charge < -0.3 is 4.74 Å². The zero-order valence-electron chi connectivity index (χ0n) is 11.6. The number of aldehydes is 1. The molecular formula is C13H6Cl3F3N2O3. The van der Waals surface area contributed by atoms with Crippen LogP contribution < -0.4 is 0 Å². The number of halogens is 6. The first-order valence-corrected chi connectivity index (χ1v) is 7.13. The molecule has 2 aromatic rings. The Morgan fingerprint density at radius 2 is 1.79 bits per heavy atom. The molecule has 0 N–H and O–H groups in total. The minimum atomic E-state index is -4.66. The van der Waals surface area contributed by atoms with Gasteiger partial charge in [0, 0.05) is 0 Å². The van der Waals surface area contributed by atoms with Crippen molar-refractivity contribution in [2.24, 2.45) is 0 Å². The summed E-state index contributed by atoms with van der Waals surface area (Å²) in [6.07, 6.45) is -4.41. The number of rotatable bonds is 3. The Balaban J connectivity index is 2.72. The van der Waals surface area contributed by atoms with Gasteiger partial charge in [-0.2, -0.15) is 18.3 Å². The Labute approximate surface area is 147 Å². The molecule has 0 aliphatic carbocycles. The van der Waals surface area contributed by atoms with Gasteiger partial charge in [0.2, 0.25) is 0 Å². The smallest absolute Gasteiger partial charge is 0.416 e. The summed E-state index contributed by atoms with van der Waals surface area (Å²) >= 11 is 17.7.